The predicted molar refractivity (Wildman–Crippen MR) is 86.5 cm³/mol. The lowest BCUT2D eigenvalue weighted by molar-refractivity contribution is 0.0994. The van der Waals surface area contributed by atoms with Crippen molar-refractivity contribution in [2.75, 3.05) is 11.9 Å². The Morgan fingerprint density at radius 2 is 2.12 bits per heavy atom. The summed E-state index contributed by atoms with van der Waals surface area (Å²) in [4.78, 5) is 26.6. The number of carbonyl (C=O) groups excluding carboxylic acids is 1. The van der Waals surface area contributed by atoms with Crippen LogP contribution >= 0.6 is 0 Å². The molecule has 0 unspecified atom stereocenters. The molecule has 0 amide bonds. The van der Waals surface area contributed by atoms with Gasteiger partial charge in [-0.2, -0.15) is 4.98 Å². The minimum Gasteiger partial charge on any atom is -0.350 e. The molecule has 0 fully saturated rings. The number of fused-ring (bicyclic) bond motifs is 1. The van der Waals surface area contributed by atoms with E-state index >= 15 is 0 Å². The Morgan fingerprint density at radius 1 is 1.21 bits per heavy atom. The van der Waals surface area contributed by atoms with Gasteiger partial charge in [-0.05, 0) is 30.7 Å². The van der Waals surface area contributed by atoms with E-state index in [-0.39, 0.29) is 5.78 Å². The van der Waals surface area contributed by atoms with Gasteiger partial charge in [0, 0.05) is 37.0 Å². The molecule has 7 heteroatoms. The number of ketones is 1. The third-order valence-corrected chi connectivity index (χ3v) is 4.00. The molecule has 0 saturated carbocycles. The maximum Gasteiger partial charge on any atom is 0.246 e. The van der Waals surface area contributed by atoms with Gasteiger partial charge >= 0.3 is 0 Å². The van der Waals surface area contributed by atoms with Gasteiger partial charge in [0.15, 0.2) is 5.78 Å². The van der Waals surface area contributed by atoms with Crippen molar-refractivity contribution in [1.82, 2.24) is 20.1 Å². The second-order valence-corrected chi connectivity index (χ2v) is 5.70. The average molecular weight is 321 g/mol. The molecule has 0 atom stereocenters. The van der Waals surface area contributed by atoms with E-state index in [1.165, 1.54) is 0 Å². The zero-order valence-electron chi connectivity index (χ0n) is 13.1. The molecule has 3 aromatic heterocycles. The molecule has 1 aliphatic carbocycles. The van der Waals surface area contributed by atoms with E-state index in [0.717, 1.165) is 22.6 Å². The number of nitrogens with zero attached hydrogens (tertiary/aromatic N) is 5. The number of hydrogen-bond acceptors (Lipinski definition) is 7. The van der Waals surface area contributed by atoms with Gasteiger partial charge in [0.25, 0.3) is 0 Å². The molecule has 24 heavy (non-hydrogen) atoms. The highest BCUT2D eigenvalue weighted by atomic mass is 16.5. The minimum atomic E-state index is 0.171. The standard InChI is InChI=1S/C17H15N5O2/c1-22(15-7-4-12-13(19-15)5-6-14(12)23)10-16-20-17(21-24-16)11-3-2-8-18-9-11/h2-4,7-9H,5-6,10H2,1H3. The number of aromatic nitrogens is 4. The van der Waals surface area contributed by atoms with E-state index in [0.29, 0.717) is 31.1 Å². The second-order valence-electron chi connectivity index (χ2n) is 5.70. The molecule has 0 saturated heterocycles. The topological polar surface area (TPSA) is 85.0 Å². The Labute approximate surface area is 138 Å². The zero-order chi connectivity index (χ0) is 16.5. The molecule has 0 spiro atoms. The third-order valence-electron chi connectivity index (χ3n) is 4.00. The Hall–Kier alpha value is -3.09. The summed E-state index contributed by atoms with van der Waals surface area (Å²) in [6.07, 6.45) is 4.65. The first-order valence-electron chi connectivity index (χ1n) is 7.68. The quantitative estimate of drug-likeness (QED) is 0.728. The summed E-state index contributed by atoms with van der Waals surface area (Å²) in [5, 5.41) is 3.98. The molecule has 4 rings (SSSR count). The molecule has 0 bridgehead atoms. The van der Waals surface area contributed by atoms with Gasteiger partial charge in [0.05, 0.1) is 12.2 Å². The Morgan fingerprint density at radius 3 is 2.96 bits per heavy atom. The number of pyridine rings is 2. The molecule has 1 aliphatic rings. The van der Waals surface area contributed by atoms with E-state index in [1.807, 2.05) is 36.2 Å². The Kier molecular flexibility index (Phi) is 3.53. The van der Waals surface area contributed by atoms with Gasteiger partial charge in [-0.1, -0.05) is 5.16 Å². The number of hydrogen-bond donors (Lipinski definition) is 0. The lowest BCUT2D eigenvalue weighted by atomic mass is 10.2. The lowest BCUT2D eigenvalue weighted by Gasteiger charge is -2.16. The first kappa shape index (κ1) is 14.5. The fraction of sp³-hybridized carbons (Fsp3) is 0.235. The smallest absolute Gasteiger partial charge is 0.246 e. The molecular weight excluding hydrogens is 306 g/mol. The normalized spacial score (nSPS) is 13.1. The monoisotopic (exact) mass is 321 g/mol. The predicted octanol–water partition coefficient (Wildman–Crippen LogP) is 2.29. The molecule has 120 valence electrons. The highest BCUT2D eigenvalue weighted by Gasteiger charge is 2.22. The summed E-state index contributed by atoms with van der Waals surface area (Å²) < 4.78 is 5.31. The average Bonchev–Trinajstić information content (AvgIpc) is 3.22. The van der Waals surface area contributed by atoms with Crippen molar-refractivity contribution in [2.45, 2.75) is 19.4 Å². The van der Waals surface area contributed by atoms with E-state index in [9.17, 15) is 4.79 Å². The first-order valence-corrected chi connectivity index (χ1v) is 7.68. The van der Waals surface area contributed by atoms with Crippen molar-refractivity contribution in [3.8, 4) is 11.4 Å². The van der Waals surface area contributed by atoms with Crippen molar-refractivity contribution in [2.24, 2.45) is 0 Å². The third kappa shape index (κ3) is 2.64. The highest BCUT2D eigenvalue weighted by Crippen LogP contribution is 2.24. The summed E-state index contributed by atoms with van der Waals surface area (Å²) in [5.74, 6) is 1.96. The number of Topliss-reactive ketones (excluding diaryl/α,β-unsaturated/α-hetero) is 1. The molecule has 3 aromatic rings. The van der Waals surface area contributed by atoms with Gasteiger partial charge in [-0.25, -0.2) is 4.98 Å². The fourth-order valence-electron chi connectivity index (χ4n) is 2.73. The van der Waals surface area contributed by atoms with Crippen LogP contribution in [0.1, 0.15) is 28.4 Å². The van der Waals surface area contributed by atoms with Crippen LogP contribution in [0.15, 0.2) is 41.2 Å². The maximum absolute atomic E-state index is 11.7. The molecular formula is C17H15N5O2. The van der Waals surface area contributed by atoms with E-state index in [2.05, 4.69) is 20.1 Å². The number of rotatable bonds is 4. The van der Waals surface area contributed by atoms with Gasteiger partial charge in [0.1, 0.15) is 5.82 Å². The first-order chi connectivity index (χ1) is 11.7. The van der Waals surface area contributed by atoms with Crippen LogP contribution in [-0.4, -0.2) is 32.9 Å². The van der Waals surface area contributed by atoms with Gasteiger partial charge in [-0.15, -0.1) is 0 Å². The van der Waals surface area contributed by atoms with Gasteiger partial charge in [-0.3, -0.25) is 9.78 Å². The Bertz CT molecular complexity index is 891. The van der Waals surface area contributed by atoms with Crippen LogP contribution in [0.3, 0.4) is 0 Å². The van der Waals surface area contributed by atoms with Crippen LogP contribution in [0.2, 0.25) is 0 Å². The molecule has 7 nitrogen and oxygen atoms in total. The number of carbonyl (C=O) groups is 1. The molecule has 0 N–H and O–H groups in total. The second kappa shape index (κ2) is 5.84. The van der Waals surface area contributed by atoms with Gasteiger partial charge in [0.2, 0.25) is 11.7 Å². The molecule has 0 aliphatic heterocycles. The number of aryl methyl sites for hydroxylation is 1. The summed E-state index contributed by atoms with van der Waals surface area (Å²) in [6.45, 7) is 0.437. The van der Waals surface area contributed by atoms with E-state index < -0.39 is 0 Å². The SMILES string of the molecule is CN(Cc1nc(-c2cccnc2)no1)c1ccc2c(n1)CCC2=O. The lowest BCUT2D eigenvalue weighted by Crippen LogP contribution is -2.18. The van der Waals surface area contributed by atoms with Crippen LogP contribution in [0.25, 0.3) is 11.4 Å². The minimum absolute atomic E-state index is 0.171. The summed E-state index contributed by atoms with van der Waals surface area (Å²) in [5.41, 5.74) is 2.42. The molecule has 0 radical (unpaired) electrons. The summed E-state index contributed by atoms with van der Waals surface area (Å²) >= 11 is 0. The van der Waals surface area contributed by atoms with E-state index in [4.69, 9.17) is 4.52 Å². The Balaban J connectivity index is 1.52. The molecule has 0 aromatic carbocycles. The largest absolute Gasteiger partial charge is 0.350 e. The molecule has 3 heterocycles. The number of anilines is 1. The summed E-state index contributed by atoms with van der Waals surface area (Å²) in [7, 11) is 1.90. The summed E-state index contributed by atoms with van der Waals surface area (Å²) in [6, 6.07) is 7.40. The van der Waals surface area contributed by atoms with Crippen molar-refractivity contribution in [3.05, 3.63) is 53.8 Å². The van der Waals surface area contributed by atoms with Crippen LogP contribution in [-0.2, 0) is 13.0 Å². The van der Waals surface area contributed by atoms with Crippen LogP contribution in [0.4, 0.5) is 5.82 Å². The van der Waals surface area contributed by atoms with Crippen LogP contribution in [0, 0.1) is 0 Å². The van der Waals surface area contributed by atoms with Crippen molar-refractivity contribution >= 4 is 11.6 Å². The van der Waals surface area contributed by atoms with Crippen LogP contribution in [0.5, 0.6) is 0 Å². The highest BCUT2D eigenvalue weighted by molar-refractivity contribution is 6.00. The zero-order valence-corrected chi connectivity index (χ0v) is 13.1. The van der Waals surface area contributed by atoms with Crippen molar-refractivity contribution < 1.29 is 9.32 Å². The maximum atomic E-state index is 11.7. The van der Waals surface area contributed by atoms with Crippen molar-refractivity contribution in [3.63, 3.8) is 0 Å². The van der Waals surface area contributed by atoms with Crippen LogP contribution < -0.4 is 4.90 Å². The van der Waals surface area contributed by atoms with Crippen molar-refractivity contribution in [1.29, 1.82) is 0 Å². The van der Waals surface area contributed by atoms with E-state index in [1.54, 1.807) is 12.4 Å². The fourth-order valence-corrected chi connectivity index (χ4v) is 2.73. The van der Waals surface area contributed by atoms with Gasteiger partial charge < -0.3 is 9.42 Å².